The molecule has 0 bridgehead atoms. The number of anilines is 6. The summed E-state index contributed by atoms with van der Waals surface area (Å²) in [6, 6.07) is 73.3. The predicted octanol–water partition coefficient (Wildman–Crippen LogP) is 16.3. The van der Waals surface area contributed by atoms with Crippen molar-refractivity contribution < 1.29 is 6.85 Å². The number of rotatable bonds is 7. The molecule has 306 valence electrons. The molecule has 0 N–H and O–H groups in total. The zero-order valence-electron chi connectivity index (χ0n) is 40.5. The Morgan fingerprint density at radius 1 is 0.385 bits per heavy atom. The highest BCUT2D eigenvalue weighted by molar-refractivity contribution is 6.14. The lowest BCUT2D eigenvalue weighted by Gasteiger charge is -2.34. The summed E-state index contributed by atoms with van der Waals surface area (Å²) in [6.07, 6.45) is 0. The van der Waals surface area contributed by atoms with Crippen molar-refractivity contribution in [2.24, 2.45) is 7.05 Å². The van der Waals surface area contributed by atoms with Crippen LogP contribution in [0.4, 0.5) is 34.1 Å². The Labute approximate surface area is 386 Å². The van der Waals surface area contributed by atoms with Gasteiger partial charge in [0.2, 0.25) is 0 Å². The van der Waals surface area contributed by atoms with Crippen LogP contribution >= 0.6 is 0 Å². The van der Waals surface area contributed by atoms with Gasteiger partial charge in [0, 0.05) is 51.6 Å². The monoisotopic (exact) mass is 834 g/mol. The van der Waals surface area contributed by atoms with Crippen LogP contribution in [0.25, 0.3) is 55.2 Å². The third-order valence-corrected chi connectivity index (χ3v) is 13.7. The first-order chi connectivity index (χ1) is 34.3. The van der Waals surface area contributed by atoms with Gasteiger partial charge in [0.05, 0.1) is 29.2 Å². The Hall–Kier alpha value is -8.40. The van der Waals surface area contributed by atoms with Crippen LogP contribution in [0.2, 0.25) is 0 Å². The molecule has 11 aromatic rings. The molecule has 0 fully saturated rings. The molecule has 0 amide bonds. The molecular weight excluding hydrogens is 787 g/mol. The normalized spacial score (nSPS) is 15.4. The van der Waals surface area contributed by atoms with E-state index in [1.54, 1.807) is 0 Å². The highest BCUT2D eigenvalue weighted by Gasteiger charge is 2.52. The maximum atomic E-state index is 9.24. The van der Waals surface area contributed by atoms with Gasteiger partial charge in [-0.1, -0.05) is 176 Å². The topological polar surface area (TPSA) is 11.4 Å². The summed E-state index contributed by atoms with van der Waals surface area (Å²) in [4.78, 5) is 4.57. The van der Waals surface area contributed by atoms with E-state index in [-0.39, 0.29) is 29.7 Å². The second-order valence-corrected chi connectivity index (χ2v) is 16.9. The summed E-state index contributed by atoms with van der Waals surface area (Å²) in [5.74, 6) is 0. The van der Waals surface area contributed by atoms with Crippen molar-refractivity contribution in [3.8, 4) is 33.4 Å². The van der Waals surface area contributed by atoms with Crippen LogP contribution < -0.4 is 9.80 Å². The molecule has 0 aliphatic heterocycles. The first-order valence-corrected chi connectivity index (χ1v) is 22.1. The number of nitrogens with zero attached hydrogens (tertiary/aromatic N) is 3. The van der Waals surface area contributed by atoms with Gasteiger partial charge in [-0.25, -0.2) is 0 Å². The van der Waals surface area contributed by atoms with Crippen LogP contribution in [-0.2, 0) is 12.5 Å². The second-order valence-electron chi connectivity index (χ2n) is 16.9. The third kappa shape index (κ3) is 5.42. The molecule has 65 heavy (non-hydrogen) atoms. The van der Waals surface area contributed by atoms with E-state index in [1.807, 2.05) is 24.3 Å². The van der Waals surface area contributed by atoms with E-state index >= 15 is 0 Å². The lowest BCUT2D eigenvalue weighted by Crippen LogP contribution is -2.26. The van der Waals surface area contributed by atoms with E-state index in [9.17, 15) is 2.74 Å². The molecule has 0 saturated heterocycles. The number of para-hydroxylation sites is 5. The van der Waals surface area contributed by atoms with Crippen molar-refractivity contribution in [3.05, 3.63) is 265 Å². The molecule has 3 nitrogen and oxygen atoms in total. The molecule has 13 rings (SSSR count). The van der Waals surface area contributed by atoms with Crippen LogP contribution in [0, 0.1) is 0 Å². The average molecular weight is 835 g/mol. The van der Waals surface area contributed by atoms with Crippen LogP contribution in [0.1, 0.15) is 29.1 Å². The molecule has 3 heteroatoms. The zero-order valence-corrected chi connectivity index (χ0v) is 35.5. The van der Waals surface area contributed by atoms with Gasteiger partial charge < -0.3 is 14.4 Å². The summed E-state index contributed by atoms with van der Waals surface area (Å²) in [5, 5.41) is 2.21. The van der Waals surface area contributed by atoms with Gasteiger partial charge >= 0.3 is 0 Å². The molecule has 1 atom stereocenters. The Bertz CT molecular complexity index is 3860. The maximum absolute atomic E-state index is 9.24. The van der Waals surface area contributed by atoms with E-state index in [4.69, 9.17) is 4.11 Å². The molecule has 1 heterocycles. The smallest absolute Gasteiger partial charge is 0.0733 e. The van der Waals surface area contributed by atoms with E-state index < -0.39 is 11.5 Å². The summed E-state index contributed by atoms with van der Waals surface area (Å²) in [5.41, 5.74) is 17.0. The van der Waals surface area contributed by atoms with Crippen molar-refractivity contribution in [2.45, 2.75) is 5.41 Å². The summed E-state index contributed by atoms with van der Waals surface area (Å²) in [6.45, 7) is 0. The minimum atomic E-state index is -0.730. The van der Waals surface area contributed by atoms with E-state index in [1.165, 1.54) is 33.4 Å². The molecule has 1 aromatic heterocycles. The fourth-order valence-electron chi connectivity index (χ4n) is 11.1. The number of aromatic nitrogens is 1. The van der Waals surface area contributed by atoms with Crippen molar-refractivity contribution in [3.63, 3.8) is 0 Å². The lowest BCUT2D eigenvalue weighted by molar-refractivity contribution is 0.793. The number of fused-ring (bicyclic) bond motifs is 13. The minimum Gasteiger partial charge on any atom is -0.342 e. The van der Waals surface area contributed by atoms with Gasteiger partial charge in [0.15, 0.2) is 0 Å². The zero-order chi connectivity index (χ0) is 47.4. The quantitative estimate of drug-likeness (QED) is 0.158. The highest BCUT2D eigenvalue weighted by atomic mass is 15.2. The molecule has 1 spiro atoms. The van der Waals surface area contributed by atoms with Gasteiger partial charge in [-0.2, -0.15) is 0 Å². The number of hydrogen-bond donors (Lipinski definition) is 0. The number of aryl methyl sites for hydroxylation is 1. The first-order valence-electron chi connectivity index (χ1n) is 24.6. The second kappa shape index (κ2) is 14.6. The molecule has 0 saturated carbocycles. The minimum absolute atomic E-state index is 0.147. The van der Waals surface area contributed by atoms with E-state index in [0.717, 1.165) is 61.4 Å². The fraction of sp³-hybridized carbons (Fsp3) is 0.0323. The van der Waals surface area contributed by atoms with Crippen molar-refractivity contribution in [1.29, 1.82) is 0 Å². The summed E-state index contributed by atoms with van der Waals surface area (Å²) < 4.78 is 46.7. The van der Waals surface area contributed by atoms with Gasteiger partial charge in [-0.05, 0) is 117 Å². The van der Waals surface area contributed by atoms with Gasteiger partial charge in [-0.3, -0.25) is 0 Å². The lowest BCUT2D eigenvalue weighted by atomic mass is 9.70. The molecule has 2 aliphatic carbocycles. The fourth-order valence-corrected chi connectivity index (χ4v) is 11.1. The highest BCUT2D eigenvalue weighted by Crippen LogP contribution is 2.64. The van der Waals surface area contributed by atoms with Gasteiger partial charge in [0.1, 0.15) is 0 Å². The first kappa shape index (κ1) is 32.3. The molecule has 2 aliphatic rings. The Morgan fingerprint density at radius 2 is 0.877 bits per heavy atom. The van der Waals surface area contributed by atoms with Crippen molar-refractivity contribution in [2.75, 3.05) is 9.80 Å². The van der Waals surface area contributed by atoms with Crippen molar-refractivity contribution in [1.82, 2.24) is 4.57 Å². The molecule has 0 radical (unpaired) electrons. The van der Waals surface area contributed by atoms with Crippen LogP contribution in [-0.4, -0.2) is 4.57 Å². The third-order valence-electron chi connectivity index (χ3n) is 13.7. The van der Waals surface area contributed by atoms with Crippen molar-refractivity contribution >= 4 is 55.9 Å². The summed E-state index contributed by atoms with van der Waals surface area (Å²) in [7, 11) is 2.10. The van der Waals surface area contributed by atoms with Crippen LogP contribution in [0.15, 0.2) is 243 Å². The van der Waals surface area contributed by atoms with Crippen LogP contribution in [0.5, 0.6) is 0 Å². The summed E-state index contributed by atoms with van der Waals surface area (Å²) >= 11 is 0. The largest absolute Gasteiger partial charge is 0.342 e. The maximum Gasteiger partial charge on any atom is 0.0733 e. The Morgan fingerprint density at radius 3 is 1.52 bits per heavy atom. The van der Waals surface area contributed by atoms with E-state index in [2.05, 4.69) is 209 Å². The Kier molecular flexibility index (Phi) is 7.25. The van der Waals surface area contributed by atoms with Crippen LogP contribution in [0.3, 0.4) is 0 Å². The molecule has 10 aromatic carbocycles. The average Bonchev–Trinajstić information content (AvgIpc) is 3.99. The Balaban J connectivity index is 1.12. The number of hydrogen-bond acceptors (Lipinski definition) is 2. The molecule has 1 unspecified atom stereocenters. The SMILES string of the molecule is [2H]c1c([2H])c([2H])c(-c2ccccc2N(c2ccc3c(c2)C2(c4ccccc4-c4ccc(N(c5ccccc5)c5ccccc5)cc42)c2ccccc2-3)c2cccc3c4ccccc4n(C)c23)c([2H])c1[2H]. The van der Waals surface area contributed by atoms with Gasteiger partial charge in [0.25, 0.3) is 0 Å². The standard InChI is InChI=1S/C62H43N3/c1-63-58-33-17-14-29-52(58)53-30-19-35-60(61(53)63)65(59-34-18-13-26-47(59)42-20-5-2-6-21-42)46-37-39-51-49-28-12-16-32-55(49)62(57(51)41-46)54-31-15-11-27-48(54)50-38-36-45(40-56(50)62)64(43-22-7-3-8-23-43)44-24-9-4-10-25-44/h2-41H,1H3/i2D,5D,6D,20D,21D. The van der Waals surface area contributed by atoms with E-state index in [0.29, 0.717) is 11.3 Å². The number of benzene rings is 10. The predicted molar refractivity (Wildman–Crippen MR) is 272 cm³/mol. The van der Waals surface area contributed by atoms with Gasteiger partial charge in [-0.15, -0.1) is 0 Å². The molecular formula is C62H43N3.